The summed E-state index contributed by atoms with van der Waals surface area (Å²) in [7, 11) is 0. The minimum atomic E-state index is 0.172. The molecule has 30 heavy (non-hydrogen) atoms. The van der Waals surface area contributed by atoms with E-state index in [9.17, 15) is 4.79 Å². The number of aryl methyl sites for hydroxylation is 2. The van der Waals surface area contributed by atoms with Gasteiger partial charge in [-0.2, -0.15) is 5.10 Å². The van der Waals surface area contributed by atoms with Gasteiger partial charge in [0, 0.05) is 31.4 Å². The Balaban J connectivity index is 1.35. The van der Waals surface area contributed by atoms with Crippen LogP contribution in [0.4, 0.5) is 0 Å². The monoisotopic (exact) mass is 410 g/mol. The Hall–Kier alpha value is -2.34. The van der Waals surface area contributed by atoms with Gasteiger partial charge in [0.1, 0.15) is 18.4 Å². The summed E-state index contributed by atoms with van der Waals surface area (Å²) in [5, 5.41) is 4.44. The predicted octanol–water partition coefficient (Wildman–Crippen LogP) is 3.28. The first kappa shape index (κ1) is 20.9. The molecule has 1 aromatic carbocycles. The van der Waals surface area contributed by atoms with Crippen LogP contribution in [0.15, 0.2) is 36.4 Å². The van der Waals surface area contributed by atoms with E-state index >= 15 is 0 Å². The maximum absolute atomic E-state index is 12.8. The summed E-state index contributed by atoms with van der Waals surface area (Å²) >= 11 is 0. The maximum atomic E-state index is 12.8. The van der Waals surface area contributed by atoms with E-state index in [2.05, 4.69) is 23.8 Å². The van der Waals surface area contributed by atoms with Crippen LogP contribution in [-0.2, 0) is 11.3 Å². The first-order valence-electron chi connectivity index (χ1n) is 11.2. The first-order valence-corrected chi connectivity index (χ1v) is 11.2. The molecule has 4 rings (SSSR count). The van der Waals surface area contributed by atoms with E-state index in [4.69, 9.17) is 4.74 Å². The van der Waals surface area contributed by atoms with Gasteiger partial charge in [-0.1, -0.05) is 18.2 Å². The summed E-state index contributed by atoms with van der Waals surface area (Å²) in [5.74, 6) is 1.69. The Bertz CT molecular complexity index is 855. The molecule has 1 aromatic heterocycles. The lowest BCUT2D eigenvalue weighted by molar-refractivity contribution is -0.136. The van der Waals surface area contributed by atoms with Gasteiger partial charge in [-0.15, -0.1) is 0 Å². The smallest absolute Gasteiger partial charge is 0.244 e. The fourth-order valence-corrected chi connectivity index (χ4v) is 4.98. The van der Waals surface area contributed by atoms with E-state index in [0.29, 0.717) is 24.5 Å². The van der Waals surface area contributed by atoms with Crippen molar-refractivity contribution in [3.8, 4) is 5.75 Å². The van der Waals surface area contributed by atoms with Crippen molar-refractivity contribution in [3.05, 3.63) is 47.8 Å². The number of rotatable bonds is 6. The van der Waals surface area contributed by atoms with Crippen molar-refractivity contribution in [1.82, 2.24) is 19.6 Å². The molecule has 2 aromatic rings. The van der Waals surface area contributed by atoms with Gasteiger partial charge in [0.05, 0.1) is 11.7 Å². The SMILES string of the molecule is Cc1cc(C)n(CC(=O)N2CCC(C3C(Oc4ccccc4)CN3C(C)C)CC2)n1. The van der Waals surface area contributed by atoms with Crippen molar-refractivity contribution in [2.24, 2.45) is 5.92 Å². The van der Waals surface area contributed by atoms with Gasteiger partial charge in [0.2, 0.25) is 5.91 Å². The molecule has 0 radical (unpaired) electrons. The highest BCUT2D eigenvalue weighted by molar-refractivity contribution is 5.76. The zero-order valence-corrected chi connectivity index (χ0v) is 18.6. The molecular formula is C24H34N4O2. The minimum Gasteiger partial charge on any atom is -0.487 e. The summed E-state index contributed by atoms with van der Waals surface area (Å²) in [6, 6.07) is 13.1. The molecule has 2 atom stereocenters. The molecule has 0 bridgehead atoms. The van der Waals surface area contributed by atoms with Crippen molar-refractivity contribution in [2.75, 3.05) is 19.6 Å². The van der Waals surface area contributed by atoms with Gasteiger partial charge in [-0.3, -0.25) is 14.4 Å². The molecule has 0 N–H and O–H groups in total. The van der Waals surface area contributed by atoms with Crippen LogP contribution in [0.25, 0.3) is 0 Å². The molecule has 2 aliphatic rings. The molecule has 6 heteroatoms. The number of nitrogens with zero attached hydrogens (tertiary/aromatic N) is 4. The molecular weight excluding hydrogens is 376 g/mol. The Morgan fingerprint density at radius 3 is 2.47 bits per heavy atom. The van der Waals surface area contributed by atoms with Gasteiger partial charge >= 0.3 is 0 Å². The van der Waals surface area contributed by atoms with E-state index < -0.39 is 0 Å². The highest BCUT2D eigenvalue weighted by atomic mass is 16.5. The van der Waals surface area contributed by atoms with E-state index in [-0.39, 0.29) is 12.0 Å². The normalized spacial score (nSPS) is 22.9. The molecule has 0 aliphatic carbocycles. The summed E-state index contributed by atoms with van der Waals surface area (Å²) in [4.78, 5) is 17.4. The first-order chi connectivity index (χ1) is 14.4. The van der Waals surface area contributed by atoms with Crippen LogP contribution in [0.1, 0.15) is 38.1 Å². The van der Waals surface area contributed by atoms with Crippen LogP contribution in [0, 0.1) is 19.8 Å². The van der Waals surface area contributed by atoms with E-state index in [0.717, 1.165) is 49.6 Å². The fourth-order valence-electron chi connectivity index (χ4n) is 4.98. The van der Waals surface area contributed by atoms with Gasteiger partial charge < -0.3 is 9.64 Å². The fraction of sp³-hybridized carbons (Fsp3) is 0.583. The highest BCUT2D eigenvalue weighted by Crippen LogP contribution is 2.36. The third-order valence-electron chi connectivity index (χ3n) is 6.61. The average molecular weight is 411 g/mol. The minimum absolute atomic E-state index is 0.172. The van der Waals surface area contributed by atoms with Crippen LogP contribution in [-0.4, -0.2) is 63.3 Å². The molecule has 3 heterocycles. The van der Waals surface area contributed by atoms with Crippen molar-refractivity contribution in [3.63, 3.8) is 0 Å². The highest BCUT2D eigenvalue weighted by Gasteiger charge is 2.47. The Labute approximate surface area is 179 Å². The lowest BCUT2D eigenvalue weighted by atomic mass is 9.79. The number of likely N-dealkylation sites (tertiary alicyclic amines) is 2. The number of carbonyl (C=O) groups is 1. The number of hydrogen-bond donors (Lipinski definition) is 0. The summed E-state index contributed by atoms with van der Waals surface area (Å²) in [6.07, 6.45) is 2.30. The van der Waals surface area contributed by atoms with Crippen LogP contribution in [0.3, 0.4) is 0 Å². The van der Waals surface area contributed by atoms with Crippen LogP contribution < -0.4 is 4.74 Å². The lowest BCUT2D eigenvalue weighted by Gasteiger charge is -2.54. The number of carbonyl (C=O) groups excluding carboxylic acids is 1. The molecule has 162 valence electrons. The maximum Gasteiger partial charge on any atom is 0.244 e. The van der Waals surface area contributed by atoms with E-state index in [1.807, 2.05) is 59.8 Å². The third kappa shape index (κ3) is 4.38. The molecule has 2 saturated heterocycles. The van der Waals surface area contributed by atoms with Crippen molar-refractivity contribution < 1.29 is 9.53 Å². The molecule has 6 nitrogen and oxygen atoms in total. The molecule has 1 amide bonds. The number of amides is 1. The van der Waals surface area contributed by atoms with Gasteiger partial charge in [-0.25, -0.2) is 0 Å². The molecule has 2 unspecified atom stereocenters. The van der Waals surface area contributed by atoms with Gasteiger partial charge in [0.15, 0.2) is 0 Å². The van der Waals surface area contributed by atoms with E-state index in [1.165, 1.54) is 0 Å². The summed E-state index contributed by atoms with van der Waals surface area (Å²) in [5.41, 5.74) is 2.00. The van der Waals surface area contributed by atoms with Crippen LogP contribution in [0.5, 0.6) is 5.75 Å². The van der Waals surface area contributed by atoms with Crippen molar-refractivity contribution in [2.45, 2.75) is 65.3 Å². The number of aromatic nitrogens is 2. The van der Waals surface area contributed by atoms with Crippen LogP contribution >= 0.6 is 0 Å². The zero-order valence-electron chi connectivity index (χ0n) is 18.6. The Morgan fingerprint density at radius 2 is 1.87 bits per heavy atom. The Kier molecular flexibility index (Phi) is 6.14. The lowest BCUT2D eigenvalue weighted by Crippen LogP contribution is -2.68. The van der Waals surface area contributed by atoms with Gasteiger partial charge in [0.25, 0.3) is 0 Å². The second-order valence-electron chi connectivity index (χ2n) is 9.05. The topological polar surface area (TPSA) is 50.6 Å². The third-order valence-corrected chi connectivity index (χ3v) is 6.61. The number of ether oxygens (including phenoxy) is 1. The summed E-state index contributed by atoms with van der Waals surface area (Å²) in [6.45, 7) is 11.5. The van der Waals surface area contributed by atoms with E-state index in [1.54, 1.807) is 0 Å². The predicted molar refractivity (Wildman–Crippen MR) is 117 cm³/mol. The molecule has 2 aliphatic heterocycles. The largest absolute Gasteiger partial charge is 0.487 e. The molecule has 2 fully saturated rings. The second-order valence-corrected chi connectivity index (χ2v) is 9.05. The van der Waals surface area contributed by atoms with Gasteiger partial charge in [-0.05, 0) is 64.7 Å². The number of benzene rings is 1. The molecule has 0 spiro atoms. The number of para-hydroxylation sites is 1. The zero-order chi connectivity index (χ0) is 21.3. The summed E-state index contributed by atoms with van der Waals surface area (Å²) < 4.78 is 8.15. The number of piperidine rings is 1. The van der Waals surface area contributed by atoms with Crippen molar-refractivity contribution >= 4 is 5.91 Å². The average Bonchev–Trinajstić information content (AvgIpc) is 3.02. The van der Waals surface area contributed by atoms with Crippen LogP contribution in [0.2, 0.25) is 0 Å². The Morgan fingerprint density at radius 1 is 1.17 bits per heavy atom. The van der Waals surface area contributed by atoms with Crippen molar-refractivity contribution in [1.29, 1.82) is 0 Å². The quantitative estimate of drug-likeness (QED) is 0.733. The standard InChI is InChI=1S/C24H34N4O2/c1-17(2)27-15-22(30-21-8-6-5-7-9-21)24(27)20-10-12-26(13-11-20)23(29)16-28-19(4)14-18(3)25-28/h5-9,14,17,20,22,24H,10-13,15-16H2,1-4H3. The molecule has 0 saturated carbocycles. The second kappa shape index (κ2) is 8.80. The number of hydrogen-bond acceptors (Lipinski definition) is 4.